The number of rotatable bonds is 0. The highest BCUT2D eigenvalue weighted by atomic mass is 16.7. The quantitative estimate of drug-likeness (QED) is 0.512. The molecule has 0 aromatic rings. The van der Waals surface area contributed by atoms with Crippen LogP contribution in [-0.2, 0) is 9.47 Å². The third-order valence-corrected chi connectivity index (χ3v) is 2.34. The van der Waals surface area contributed by atoms with Crippen LogP contribution in [0.5, 0.6) is 0 Å². The van der Waals surface area contributed by atoms with Crippen molar-refractivity contribution in [2.24, 2.45) is 0 Å². The molecule has 1 radical (unpaired) electrons. The van der Waals surface area contributed by atoms with Crippen LogP contribution in [0.1, 0.15) is 19.3 Å². The maximum Gasteiger partial charge on any atom is 0.169 e. The number of ether oxygens (including phenoxy) is 2. The summed E-state index contributed by atoms with van der Waals surface area (Å²) >= 11 is 0. The van der Waals surface area contributed by atoms with Crippen LogP contribution in [0.4, 0.5) is 0 Å². The lowest BCUT2D eigenvalue weighted by Gasteiger charge is -2.24. The molecular formula is C8H14NO2. The van der Waals surface area contributed by atoms with E-state index in [1.165, 1.54) is 0 Å². The van der Waals surface area contributed by atoms with Crippen molar-refractivity contribution in [2.45, 2.75) is 25.0 Å². The van der Waals surface area contributed by atoms with Crippen LogP contribution in [0.15, 0.2) is 0 Å². The fraction of sp³-hybridized carbons (Fsp3) is 1.00. The fourth-order valence-corrected chi connectivity index (χ4v) is 1.73. The molecule has 2 aliphatic heterocycles. The molecule has 0 aliphatic carbocycles. The predicted molar refractivity (Wildman–Crippen MR) is 40.4 cm³/mol. The Morgan fingerprint density at radius 1 is 1.00 bits per heavy atom. The van der Waals surface area contributed by atoms with E-state index in [1.54, 1.807) is 0 Å². The van der Waals surface area contributed by atoms with E-state index in [2.05, 4.69) is 5.32 Å². The minimum absolute atomic E-state index is 0.236. The van der Waals surface area contributed by atoms with Crippen molar-refractivity contribution >= 4 is 0 Å². The molecule has 0 aromatic heterocycles. The van der Waals surface area contributed by atoms with Crippen LogP contribution in [0.2, 0.25) is 0 Å². The van der Waals surface area contributed by atoms with Crippen LogP contribution in [0, 0.1) is 0 Å². The summed E-state index contributed by atoms with van der Waals surface area (Å²) in [5.41, 5.74) is 0. The Morgan fingerprint density at radius 3 is 2.64 bits per heavy atom. The van der Waals surface area contributed by atoms with Gasteiger partial charge in [0.05, 0.1) is 13.2 Å². The van der Waals surface area contributed by atoms with E-state index in [-0.39, 0.29) is 5.79 Å². The van der Waals surface area contributed by atoms with Gasteiger partial charge >= 0.3 is 0 Å². The van der Waals surface area contributed by atoms with Crippen molar-refractivity contribution in [3.8, 4) is 0 Å². The Morgan fingerprint density at radius 2 is 1.82 bits per heavy atom. The number of hydrogen-bond acceptors (Lipinski definition) is 2. The first kappa shape index (κ1) is 7.53. The highest BCUT2D eigenvalue weighted by Crippen LogP contribution is 2.29. The molecule has 11 heavy (non-hydrogen) atoms. The Kier molecular flexibility index (Phi) is 2.11. The molecule has 0 aromatic carbocycles. The molecule has 2 aliphatic rings. The third-order valence-electron chi connectivity index (χ3n) is 2.34. The zero-order valence-corrected chi connectivity index (χ0v) is 6.71. The Hall–Kier alpha value is -0.120. The summed E-state index contributed by atoms with van der Waals surface area (Å²) in [6, 6.07) is 0. The molecule has 63 valence electrons. The maximum absolute atomic E-state index is 5.58. The van der Waals surface area contributed by atoms with Gasteiger partial charge in [0.1, 0.15) is 0 Å². The normalized spacial score (nSPS) is 30.5. The SMILES string of the molecule is C1C[N]CCC2(C1)OCCO2. The van der Waals surface area contributed by atoms with Crippen LogP contribution in [-0.4, -0.2) is 32.1 Å². The van der Waals surface area contributed by atoms with Crippen molar-refractivity contribution in [1.29, 1.82) is 0 Å². The Labute approximate surface area is 67.1 Å². The highest BCUT2D eigenvalue weighted by molar-refractivity contribution is 4.78. The molecule has 0 unspecified atom stereocenters. The summed E-state index contributed by atoms with van der Waals surface area (Å²) in [4.78, 5) is 0. The Bertz CT molecular complexity index is 122. The van der Waals surface area contributed by atoms with Crippen molar-refractivity contribution < 1.29 is 9.47 Å². The summed E-state index contributed by atoms with van der Waals surface area (Å²) in [5, 5.41) is 4.33. The van der Waals surface area contributed by atoms with Gasteiger partial charge in [0.25, 0.3) is 0 Å². The van der Waals surface area contributed by atoms with Gasteiger partial charge in [-0.3, -0.25) is 0 Å². The second kappa shape index (κ2) is 3.09. The standard InChI is InChI=1S/C8H14NO2/c1-2-8(3-5-9-4-1)10-6-7-11-8/h1-7H2. The highest BCUT2D eigenvalue weighted by Gasteiger charge is 2.36. The molecule has 2 fully saturated rings. The van der Waals surface area contributed by atoms with Gasteiger partial charge in [-0.05, 0) is 6.42 Å². The molecule has 1 spiro atoms. The first-order valence-corrected chi connectivity index (χ1v) is 4.33. The van der Waals surface area contributed by atoms with E-state index < -0.39 is 0 Å². The van der Waals surface area contributed by atoms with Gasteiger partial charge in [0.15, 0.2) is 5.79 Å². The molecule has 0 bridgehead atoms. The lowest BCUT2D eigenvalue weighted by Crippen LogP contribution is -2.30. The molecule has 3 heteroatoms. The first-order valence-electron chi connectivity index (χ1n) is 4.33. The topological polar surface area (TPSA) is 32.6 Å². The van der Waals surface area contributed by atoms with Crippen molar-refractivity contribution in [2.75, 3.05) is 26.3 Å². The maximum atomic E-state index is 5.58. The van der Waals surface area contributed by atoms with E-state index in [0.717, 1.165) is 45.6 Å². The van der Waals surface area contributed by atoms with Gasteiger partial charge < -0.3 is 9.47 Å². The minimum Gasteiger partial charge on any atom is -0.347 e. The molecule has 0 N–H and O–H groups in total. The fourth-order valence-electron chi connectivity index (χ4n) is 1.73. The molecular weight excluding hydrogens is 142 g/mol. The summed E-state index contributed by atoms with van der Waals surface area (Å²) in [7, 11) is 0. The largest absolute Gasteiger partial charge is 0.347 e. The van der Waals surface area contributed by atoms with E-state index >= 15 is 0 Å². The number of nitrogens with zero attached hydrogens (tertiary/aromatic N) is 1. The average molecular weight is 156 g/mol. The van der Waals surface area contributed by atoms with Crippen molar-refractivity contribution in [3.63, 3.8) is 0 Å². The van der Waals surface area contributed by atoms with E-state index in [9.17, 15) is 0 Å². The summed E-state index contributed by atoms with van der Waals surface area (Å²) in [6.45, 7) is 3.41. The zero-order chi connectivity index (χ0) is 7.57. The molecule has 2 heterocycles. The van der Waals surface area contributed by atoms with Crippen LogP contribution >= 0.6 is 0 Å². The van der Waals surface area contributed by atoms with Crippen molar-refractivity contribution in [3.05, 3.63) is 0 Å². The molecule has 0 atom stereocenters. The molecule has 0 amide bonds. The van der Waals surface area contributed by atoms with Crippen LogP contribution in [0.25, 0.3) is 0 Å². The monoisotopic (exact) mass is 156 g/mol. The third kappa shape index (κ3) is 1.55. The van der Waals surface area contributed by atoms with Gasteiger partial charge in [0.2, 0.25) is 0 Å². The van der Waals surface area contributed by atoms with Gasteiger partial charge in [0, 0.05) is 25.9 Å². The minimum atomic E-state index is -0.236. The lowest BCUT2D eigenvalue weighted by molar-refractivity contribution is -0.163. The van der Waals surface area contributed by atoms with E-state index in [0.29, 0.717) is 0 Å². The molecule has 3 nitrogen and oxygen atoms in total. The van der Waals surface area contributed by atoms with Crippen LogP contribution in [0.3, 0.4) is 0 Å². The van der Waals surface area contributed by atoms with Gasteiger partial charge in [-0.2, -0.15) is 0 Å². The lowest BCUT2D eigenvalue weighted by atomic mass is 10.1. The second-order valence-electron chi connectivity index (χ2n) is 3.13. The van der Waals surface area contributed by atoms with E-state index in [4.69, 9.17) is 9.47 Å². The smallest absolute Gasteiger partial charge is 0.169 e. The van der Waals surface area contributed by atoms with Gasteiger partial charge in [-0.1, -0.05) is 0 Å². The summed E-state index contributed by atoms with van der Waals surface area (Å²) < 4.78 is 11.2. The van der Waals surface area contributed by atoms with E-state index in [1.807, 2.05) is 0 Å². The number of hydrogen-bond donors (Lipinski definition) is 0. The van der Waals surface area contributed by atoms with Gasteiger partial charge in [-0.15, -0.1) is 0 Å². The molecule has 2 saturated heterocycles. The zero-order valence-electron chi connectivity index (χ0n) is 6.71. The molecule has 0 saturated carbocycles. The first-order chi connectivity index (χ1) is 5.41. The Balaban J connectivity index is 1.97. The summed E-state index contributed by atoms with van der Waals surface area (Å²) in [5.74, 6) is -0.236. The second-order valence-corrected chi connectivity index (χ2v) is 3.13. The molecule has 2 rings (SSSR count). The summed E-state index contributed by atoms with van der Waals surface area (Å²) in [6.07, 6.45) is 3.09. The van der Waals surface area contributed by atoms with Crippen molar-refractivity contribution in [1.82, 2.24) is 5.32 Å². The van der Waals surface area contributed by atoms with Gasteiger partial charge in [-0.25, -0.2) is 5.32 Å². The average Bonchev–Trinajstić information content (AvgIpc) is 2.32. The predicted octanol–water partition coefficient (Wildman–Crippen LogP) is 0.518. The van der Waals surface area contributed by atoms with Crippen LogP contribution < -0.4 is 5.32 Å².